The van der Waals surface area contributed by atoms with Gasteiger partial charge < -0.3 is 14.5 Å². The summed E-state index contributed by atoms with van der Waals surface area (Å²) in [5.74, 6) is -1.03. The first-order valence-electron chi connectivity index (χ1n) is 9.34. The number of ketones is 1. The van der Waals surface area contributed by atoms with Crippen molar-refractivity contribution in [2.24, 2.45) is 0 Å². The Bertz CT molecular complexity index is 1250. The molecule has 2 aromatic heterocycles. The van der Waals surface area contributed by atoms with Crippen molar-refractivity contribution in [2.45, 2.75) is 6.42 Å². The zero-order valence-corrected chi connectivity index (χ0v) is 16.2. The molecule has 4 rings (SSSR count). The van der Waals surface area contributed by atoms with E-state index in [0.717, 1.165) is 5.69 Å². The standard InChI is InChI=1S/C22H17N5O4/c28-21(16-4-3-5-17(12-16)26-11-8-23-15-26)14-22(29)24-19-13-18(25-9-1-2-10-25)6-7-20(19)27(30)31/h1-13,15H,14H2,(H,24,29). The predicted octanol–water partition coefficient (Wildman–Crippen LogP) is 3.78. The summed E-state index contributed by atoms with van der Waals surface area (Å²) in [6, 6.07) is 14.8. The first-order chi connectivity index (χ1) is 15.0. The first kappa shape index (κ1) is 19.8. The average Bonchev–Trinajstić information content (AvgIpc) is 3.48. The van der Waals surface area contributed by atoms with Crippen molar-refractivity contribution in [1.29, 1.82) is 0 Å². The number of nitrogens with one attached hydrogen (secondary N) is 1. The number of nitrogens with zero attached hydrogens (tertiary/aromatic N) is 4. The topological polar surface area (TPSA) is 112 Å². The number of Topliss-reactive ketones (excluding diaryl/α,β-unsaturated/α-hetero) is 1. The number of anilines is 1. The van der Waals surface area contributed by atoms with Gasteiger partial charge in [0.2, 0.25) is 5.91 Å². The van der Waals surface area contributed by atoms with Gasteiger partial charge in [-0.1, -0.05) is 12.1 Å². The van der Waals surface area contributed by atoms with Crippen LogP contribution in [0.5, 0.6) is 0 Å². The highest BCUT2D eigenvalue weighted by Crippen LogP contribution is 2.27. The van der Waals surface area contributed by atoms with Gasteiger partial charge in [-0.25, -0.2) is 4.98 Å². The van der Waals surface area contributed by atoms with Gasteiger partial charge in [0.15, 0.2) is 5.78 Å². The van der Waals surface area contributed by atoms with Crippen molar-refractivity contribution in [3.63, 3.8) is 0 Å². The van der Waals surface area contributed by atoms with Gasteiger partial charge >= 0.3 is 0 Å². The Morgan fingerprint density at radius 3 is 2.45 bits per heavy atom. The lowest BCUT2D eigenvalue weighted by atomic mass is 10.1. The number of benzene rings is 2. The quantitative estimate of drug-likeness (QED) is 0.214. The van der Waals surface area contributed by atoms with Gasteiger partial charge in [-0.2, -0.15) is 0 Å². The Morgan fingerprint density at radius 1 is 0.968 bits per heavy atom. The third kappa shape index (κ3) is 4.40. The molecule has 0 atom stereocenters. The van der Waals surface area contributed by atoms with Crippen LogP contribution in [-0.4, -0.2) is 30.7 Å². The summed E-state index contributed by atoms with van der Waals surface area (Å²) >= 11 is 0. The fraction of sp³-hybridized carbons (Fsp3) is 0.0455. The molecule has 4 aromatic rings. The molecule has 9 heteroatoms. The summed E-state index contributed by atoms with van der Waals surface area (Å²) in [4.78, 5) is 39.9. The van der Waals surface area contributed by atoms with Gasteiger partial charge in [-0.05, 0) is 36.4 Å². The van der Waals surface area contributed by atoms with E-state index in [1.165, 1.54) is 12.1 Å². The molecule has 0 aliphatic carbocycles. The fourth-order valence-corrected chi connectivity index (χ4v) is 3.14. The van der Waals surface area contributed by atoms with E-state index in [1.807, 2.05) is 18.2 Å². The van der Waals surface area contributed by atoms with Crippen LogP contribution in [0.2, 0.25) is 0 Å². The Morgan fingerprint density at radius 2 is 1.74 bits per heavy atom. The second kappa shape index (κ2) is 8.46. The lowest BCUT2D eigenvalue weighted by Gasteiger charge is -2.09. The monoisotopic (exact) mass is 415 g/mol. The molecule has 2 aromatic carbocycles. The van der Waals surface area contributed by atoms with Crippen LogP contribution < -0.4 is 5.32 Å². The van der Waals surface area contributed by atoms with Gasteiger partial charge in [0.25, 0.3) is 5.69 Å². The molecule has 0 aliphatic heterocycles. The number of carbonyl (C=O) groups excluding carboxylic acids is 2. The molecular formula is C22H17N5O4. The van der Waals surface area contributed by atoms with Crippen molar-refractivity contribution in [3.05, 3.63) is 101 Å². The highest BCUT2D eigenvalue weighted by atomic mass is 16.6. The number of aromatic nitrogens is 3. The third-order valence-corrected chi connectivity index (χ3v) is 4.65. The second-order valence-corrected chi connectivity index (χ2v) is 6.72. The van der Waals surface area contributed by atoms with E-state index < -0.39 is 23.0 Å². The van der Waals surface area contributed by atoms with Crippen LogP contribution in [0.25, 0.3) is 11.4 Å². The number of hydrogen-bond donors (Lipinski definition) is 1. The summed E-state index contributed by atoms with van der Waals surface area (Å²) in [6.45, 7) is 0. The molecule has 0 radical (unpaired) electrons. The molecule has 0 unspecified atom stereocenters. The molecular weight excluding hydrogens is 398 g/mol. The zero-order valence-electron chi connectivity index (χ0n) is 16.2. The van der Waals surface area contributed by atoms with Crippen molar-refractivity contribution < 1.29 is 14.5 Å². The maximum absolute atomic E-state index is 12.6. The van der Waals surface area contributed by atoms with E-state index >= 15 is 0 Å². The van der Waals surface area contributed by atoms with Gasteiger partial charge in [0, 0.05) is 47.8 Å². The zero-order chi connectivity index (χ0) is 21.8. The number of rotatable bonds is 7. The lowest BCUT2D eigenvalue weighted by Crippen LogP contribution is -2.17. The van der Waals surface area contributed by atoms with Crippen LogP contribution in [-0.2, 0) is 4.79 Å². The number of nitro benzene ring substituents is 1. The Balaban J connectivity index is 1.52. The van der Waals surface area contributed by atoms with E-state index in [1.54, 1.807) is 64.5 Å². The Kier molecular flexibility index (Phi) is 5.39. The summed E-state index contributed by atoms with van der Waals surface area (Å²) in [5.41, 5.74) is 1.51. The summed E-state index contributed by atoms with van der Waals surface area (Å²) in [7, 11) is 0. The maximum atomic E-state index is 12.6. The minimum absolute atomic E-state index is 0.0289. The lowest BCUT2D eigenvalue weighted by molar-refractivity contribution is -0.383. The molecule has 31 heavy (non-hydrogen) atoms. The van der Waals surface area contributed by atoms with Crippen molar-refractivity contribution in [2.75, 3.05) is 5.32 Å². The van der Waals surface area contributed by atoms with E-state index in [-0.39, 0.29) is 11.4 Å². The molecule has 1 amide bonds. The van der Waals surface area contributed by atoms with Crippen LogP contribution in [0.4, 0.5) is 11.4 Å². The fourth-order valence-electron chi connectivity index (χ4n) is 3.14. The number of amides is 1. The van der Waals surface area contributed by atoms with Gasteiger partial charge in [-0.15, -0.1) is 0 Å². The number of nitro groups is 1. The Hall–Kier alpha value is -4.53. The van der Waals surface area contributed by atoms with E-state index in [9.17, 15) is 19.7 Å². The number of carbonyl (C=O) groups is 2. The first-order valence-corrected chi connectivity index (χ1v) is 9.34. The summed E-state index contributed by atoms with van der Waals surface area (Å²) < 4.78 is 3.50. The van der Waals surface area contributed by atoms with E-state index in [0.29, 0.717) is 11.3 Å². The number of imidazole rings is 1. The summed E-state index contributed by atoms with van der Waals surface area (Å²) in [6.07, 6.45) is 8.09. The highest BCUT2D eigenvalue weighted by Gasteiger charge is 2.19. The molecule has 0 saturated heterocycles. The highest BCUT2D eigenvalue weighted by molar-refractivity contribution is 6.11. The molecule has 9 nitrogen and oxygen atoms in total. The second-order valence-electron chi connectivity index (χ2n) is 6.72. The van der Waals surface area contributed by atoms with Crippen molar-refractivity contribution >= 4 is 23.1 Å². The van der Waals surface area contributed by atoms with Gasteiger partial charge in [-0.3, -0.25) is 19.7 Å². The largest absolute Gasteiger partial charge is 0.324 e. The molecule has 0 saturated carbocycles. The SMILES string of the molecule is O=C(CC(=O)c1cccc(-n2ccnc2)c1)Nc1cc(-n2cccc2)ccc1[N+](=O)[O-]. The van der Waals surface area contributed by atoms with Gasteiger partial charge in [0.1, 0.15) is 5.69 Å². The predicted molar refractivity (Wildman–Crippen MR) is 114 cm³/mol. The molecule has 2 heterocycles. The molecule has 0 fully saturated rings. The van der Waals surface area contributed by atoms with Crippen LogP contribution in [0.15, 0.2) is 85.7 Å². The molecule has 0 spiro atoms. The van der Waals surface area contributed by atoms with Crippen LogP contribution in [0.3, 0.4) is 0 Å². The Labute approximate surface area is 176 Å². The van der Waals surface area contributed by atoms with Gasteiger partial charge in [0.05, 0.1) is 17.7 Å². The van der Waals surface area contributed by atoms with Crippen molar-refractivity contribution in [1.82, 2.24) is 14.1 Å². The van der Waals surface area contributed by atoms with Crippen LogP contribution in [0, 0.1) is 10.1 Å². The smallest absolute Gasteiger partial charge is 0.292 e. The average molecular weight is 415 g/mol. The summed E-state index contributed by atoms with van der Waals surface area (Å²) in [5, 5.41) is 13.9. The number of hydrogen-bond acceptors (Lipinski definition) is 5. The van der Waals surface area contributed by atoms with Crippen molar-refractivity contribution in [3.8, 4) is 11.4 Å². The van der Waals surface area contributed by atoms with E-state index in [2.05, 4.69) is 10.3 Å². The maximum Gasteiger partial charge on any atom is 0.292 e. The van der Waals surface area contributed by atoms with Crippen LogP contribution >= 0.6 is 0 Å². The third-order valence-electron chi connectivity index (χ3n) is 4.65. The van der Waals surface area contributed by atoms with E-state index in [4.69, 9.17) is 0 Å². The van der Waals surface area contributed by atoms with Crippen LogP contribution in [0.1, 0.15) is 16.8 Å². The minimum Gasteiger partial charge on any atom is -0.324 e. The molecule has 0 bridgehead atoms. The minimum atomic E-state index is -0.634. The normalized spacial score (nSPS) is 10.6. The molecule has 154 valence electrons. The molecule has 1 N–H and O–H groups in total. The molecule has 0 aliphatic rings.